The smallest absolute Gasteiger partial charge is 0.331 e. The monoisotopic (exact) mass is 247 g/mol. The third-order valence-electron chi connectivity index (χ3n) is 2.52. The number of nitrogens with two attached hydrogens (primary N) is 1. The lowest BCUT2D eigenvalue weighted by molar-refractivity contribution is -0.162. The summed E-state index contributed by atoms with van der Waals surface area (Å²) in [7, 11) is 0. The van der Waals surface area contributed by atoms with E-state index in [-0.39, 0.29) is 0 Å². The van der Waals surface area contributed by atoms with Crippen molar-refractivity contribution < 1.29 is 9.53 Å². The molecule has 0 bridgehead atoms. The van der Waals surface area contributed by atoms with Crippen LogP contribution in [0.2, 0.25) is 0 Å². The predicted molar refractivity (Wildman–Crippen MR) is 73.0 cm³/mol. The Morgan fingerprint density at radius 2 is 1.89 bits per heavy atom. The van der Waals surface area contributed by atoms with Gasteiger partial charge in [-0.15, -0.1) is 6.58 Å². The molecular weight excluding hydrogens is 226 g/mol. The SMILES string of the molecule is C=CC[C@@](N)(C(=O)OC(C)(C)C)c1ccccc1. The minimum atomic E-state index is -1.17. The number of esters is 1. The van der Waals surface area contributed by atoms with Crippen molar-refractivity contribution >= 4 is 5.97 Å². The lowest BCUT2D eigenvalue weighted by Gasteiger charge is -2.30. The Labute approximate surface area is 109 Å². The zero-order valence-corrected chi connectivity index (χ0v) is 11.3. The highest BCUT2D eigenvalue weighted by Gasteiger charge is 2.38. The number of hydrogen-bond donors (Lipinski definition) is 1. The minimum absolute atomic E-state index is 0.339. The van der Waals surface area contributed by atoms with E-state index in [1.807, 2.05) is 51.1 Å². The van der Waals surface area contributed by atoms with Crippen LogP contribution in [-0.4, -0.2) is 11.6 Å². The quantitative estimate of drug-likeness (QED) is 0.657. The molecule has 1 rings (SSSR count). The van der Waals surface area contributed by atoms with Gasteiger partial charge >= 0.3 is 5.97 Å². The van der Waals surface area contributed by atoms with Crippen molar-refractivity contribution in [1.82, 2.24) is 0 Å². The molecule has 0 heterocycles. The van der Waals surface area contributed by atoms with Gasteiger partial charge in [0.1, 0.15) is 11.1 Å². The average Bonchev–Trinajstić information content (AvgIpc) is 2.28. The van der Waals surface area contributed by atoms with Crippen molar-refractivity contribution in [2.75, 3.05) is 0 Å². The fourth-order valence-electron chi connectivity index (χ4n) is 1.65. The molecule has 0 aromatic heterocycles. The van der Waals surface area contributed by atoms with Crippen molar-refractivity contribution in [3.63, 3.8) is 0 Å². The maximum atomic E-state index is 12.3. The van der Waals surface area contributed by atoms with E-state index in [1.54, 1.807) is 6.08 Å². The normalized spacial score (nSPS) is 14.7. The van der Waals surface area contributed by atoms with Gasteiger partial charge in [0.25, 0.3) is 0 Å². The van der Waals surface area contributed by atoms with E-state index in [1.165, 1.54) is 0 Å². The van der Waals surface area contributed by atoms with E-state index in [9.17, 15) is 4.79 Å². The van der Waals surface area contributed by atoms with Gasteiger partial charge in [-0.2, -0.15) is 0 Å². The summed E-state index contributed by atoms with van der Waals surface area (Å²) >= 11 is 0. The highest BCUT2D eigenvalue weighted by atomic mass is 16.6. The second kappa shape index (κ2) is 5.36. The number of carbonyl (C=O) groups is 1. The molecule has 0 aliphatic carbocycles. The van der Waals surface area contributed by atoms with Crippen LogP contribution in [0.15, 0.2) is 43.0 Å². The Bertz CT molecular complexity index is 420. The van der Waals surface area contributed by atoms with Gasteiger partial charge in [-0.1, -0.05) is 36.4 Å². The maximum Gasteiger partial charge on any atom is 0.331 e. The molecule has 1 atom stereocenters. The lowest BCUT2D eigenvalue weighted by Crippen LogP contribution is -2.48. The topological polar surface area (TPSA) is 52.3 Å². The zero-order chi connectivity index (χ0) is 13.8. The number of benzene rings is 1. The van der Waals surface area contributed by atoms with Crippen LogP contribution in [0, 0.1) is 0 Å². The third kappa shape index (κ3) is 3.44. The number of carbonyl (C=O) groups excluding carboxylic acids is 1. The van der Waals surface area contributed by atoms with Crippen LogP contribution in [0.3, 0.4) is 0 Å². The lowest BCUT2D eigenvalue weighted by atomic mass is 9.87. The Kier molecular flexibility index (Phi) is 4.30. The first-order chi connectivity index (χ1) is 8.29. The van der Waals surface area contributed by atoms with Crippen molar-refractivity contribution in [1.29, 1.82) is 0 Å². The first-order valence-electron chi connectivity index (χ1n) is 5.98. The first kappa shape index (κ1) is 14.5. The van der Waals surface area contributed by atoms with Gasteiger partial charge in [0.2, 0.25) is 0 Å². The van der Waals surface area contributed by atoms with Gasteiger partial charge in [-0.05, 0) is 32.8 Å². The third-order valence-corrected chi connectivity index (χ3v) is 2.52. The molecule has 0 fully saturated rings. The average molecular weight is 247 g/mol. The van der Waals surface area contributed by atoms with Crippen LogP contribution in [-0.2, 0) is 15.1 Å². The molecule has 1 aromatic rings. The number of hydrogen-bond acceptors (Lipinski definition) is 3. The largest absolute Gasteiger partial charge is 0.458 e. The number of rotatable bonds is 4. The highest BCUT2D eigenvalue weighted by Crippen LogP contribution is 2.26. The van der Waals surface area contributed by atoms with Crippen molar-refractivity contribution in [3.05, 3.63) is 48.6 Å². The molecule has 1 aromatic carbocycles. The molecule has 0 spiro atoms. The fourth-order valence-corrected chi connectivity index (χ4v) is 1.65. The molecule has 3 heteroatoms. The van der Waals surface area contributed by atoms with Crippen LogP contribution >= 0.6 is 0 Å². The van der Waals surface area contributed by atoms with Gasteiger partial charge in [0.05, 0.1) is 0 Å². The molecule has 98 valence electrons. The van der Waals surface area contributed by atoms with Gasteiger partial charge in [0.15, 0.2) is 0 Å². The van der Waals surface area contributed by atoms with Crippen LogP contribution in [0.4, 0.5) is 0 Å². The summed E-state index contributed by atoms with van der Waals surface area (Å²) in [6, 6.07) is 9.24. The molecule has 0 saturated heterocycles. The summed E-state index contributed by atoms with van der Waals surface area (Å²) in [5.74, 6) is -0.430. The second-order valence-electron chi connectivity index (χ2n) is 5.33. The molecule has 0 aliphatic rings. The van der Waals surface area contributed by atoms with Gasteiger partial charge < -0.3 is 10.5 Å². The predicted octanol–water partition coefficient (Wildman–Crippen LogP) is 2.76. The van der Waals surface area contributed by atoms with E-state index in [2.05, 4.69) is 6.58 Å². The summed E-state index contributed by atoms with van der Waals surface area (Å²) in [6.07, 6.45) is 1.98. The van der Waals surface area contributed by atoms with Crippen LogP contribution < -0.4 is 5.73 Å². The molecule has 0 amide bonds. The van der Waals surface area contributed by atoms with E-state index in [4.69, 9.17) is 10.5 Å². The Balaban J connectivity index is 3.08. The molecule has 0 radical (unpaired) electrons. The maximum absolute atomic E-state index is 12.3. The Morgan fingerprint density at radius 1 is 1.33 bits per heavy atom. The Hall–Kier alpha value is -1.61. The van der Waals surface area contributed by atoms with Crippen LogP contribution in [0.25, 0.3) is 0 Å². The van der Waals surface area contributed by atoms with E-state index in [0.717, 1.165) is 5.56 Å². The molecule has 0 saturated carbocycles. The van der Waals surface area contributed by atoms with E-state index in [0.29, 0.717) is 6.42 Å². The summed E-state index contributed by atoms with van der Waals surface area (Å²) < 4.78 is 5.40. The molecule has 18 heavy (non-hydrogen) atoms. The van der Waals surface area contributed by atoms with Crippen molar-refractivity contribution in [3.8, 4) is 0 Å². The summed E-state index contributed by atoms with van der Waals surface area (Å²) in [5.41, 5.74) is 5.24. The van der Waals surface area contributed by atoms with Gasteiger partial charge in [-0.3, -0.25) is 0 Å². The molecular formula is C15H21NO2. The summed E-state index contributed by atoms with van der Waals surface area (Å²) in [6.45, 7) is 9.13. The molecule has 0 unspecified atom stereocenters. The Morgan fingerprint density at radius 3 is 2.33 bits per heavy atom. The van der Waals surface area contributed by atoms with E-state index >= 15 is 0 Å². The molecule has 2 N–H and O–H groups in total. The molecule has 0 aliphatic heterocycles. The number of ether oxygens (including phenoxy) is 1. The summed E-state index contributed by atoms with van der Waals surface area (Å²) in [4.78, 5) is 12.3. The van der Waals surface area contributed by atoms with Gasteiger partial charge in [-0.25, -0.2) is 4.79 Å². The minimum Gasteiger partial charge on any atom is -0.458 e. The van der Waals surface area contributed by atoms with Gasteiger partial charge in [0, 0.05) is 0 Å². The fraction of sp³-hybridized carbons (Fsp3) is 0.400. The highest BCUT2D eigenvalue weighted by molar-refractivity contribution is 5.83. The van der Waals surface area contributed by atoms with Crippen molar-refractivity contribution in [2.24, 2.45) is 5.73 Å². The van der Waals surface area contributed by atoms with Crippen LogP contribution in [0.5, 0.6) is 0 Å². The standard InChI is InChI=1S/C15H21NO2/c1-5-11-15(16,12-9-7-6-8-10-12)13(17)18-14(2,3)4/h5-10H,1,11,16H2,2-4H3/t15-/m0/s1. The zero-order valence-electron chi connectivity index (χ0n) is 11.3. The molecule has 3 nitrogen and oxygen atoms in total. The second-order valence-corrected chi connectivity index (χ2v) is 5.33. The van der Waals surface area contributed by atoms with Crippen molar-refractivity contribution in [2.45, 2.75) is 38.3 Å². The first-order valence-corrected chi connectivity index (χ1v) is 5.98. The van der Waals surface area contributed by atoms with Crippen LogP contribution in [0.1, 0.15) is 32.8 Å². The summed E-state index contributed by atoms with van der Waals surface area (Å²) in [5, 5.41) is 0. The van der Waals surface area contributed by atoms with E-state index < -0.39 is 17.1 Å².